The number of nitrogens with one attached hydrogen (secondary N) is 1. The predicted octanol–water partition coefficient (Wildman–Crippen LogP) is 2.51. The third kappa shape index (κ3) is 3.97. The smallest absolute Gasteiger partial charge is 0.251 e. The maximum absolute atomic E-state index is 12.1. The molecular weight excluding hydrogens is 254 g/mol. The predicted molar refractivity (Wildman–Crippen MR) is 78.0 cm³/mol. The van der Waals surface area contributed by atoms with Crippen molar-refractivity contribution in [2.75, 3.05) is 13.7 Å². The molecule has 110 valence electrons. The van der Waals surface area contributed by atoms with Crippen LogP contribution in [0.1, 0.15) is 48.9 Å². The minimum atomic E-state index is -0.737. The first-order valence-electron chi connectivity index (χ1n) is 7.28. The van der Waals surface area contributed by atoms with E-state index in [0.29, 0.717) is 12.1 Å². The summed E-state index contributed by atoms with van der Waals surface area (Å²) >= 11 is 0. The van der Waals surface area contributed by atoms with Crippen LogP contribution < -0.4 is 10.1 Å². The lowest BCUT2D eigenvalue weighted by Crippen LogP contribution is -2.42. The van der Waals surface area contributed by atoms with Crippen LogP contribution in [0, 0.1) is 0 Å². The molecule has 2 N–H and O–H groups in total. The molecule has 0 heterocycles. The highest BCUT2D eigenvalue weighted by Gasteiger charge is 2.28. The van der Waals surface area contributed by atoms with Crippen LogP contribution >= 0.6 is 0 Å². The molecule has 0 aromatic heterocycles. The van der Waals surface area contributed by atoms with Gasteiger partial charge in [0.05, 0.1) is 12.7 Å². The number of benzene rings is 1. The van der Waals surface area contributed by atoms with E-state index in [1.54, 1.807) is 31.4 Å². The number of methoxy groups -OCH3 is 1. The minimum absolute atomic E-state index is 0.148. The summed E-state index contributed by atoms with van der Waals surface area (Å²) in [5, 5.41) is 13.3. The second-order valence-corrected chi connectivity index (χ2v) is 5.55. The third-order valence-corrected chi connectivity index (χ3v) is 3.96. The van der Waals surface area contributed by atoms with Gasteiger partial charge in [-0.25, -0.2) is 0 Å². The number of hydrogen-bond acceptors (Lipinski definition) is 3. The van der Waals surface area contributed by atoms with Gasteiger partial charge in [-0.2, -0.15) is 0 Å². The number of hydrogen-bond donors (Lipinski definition) is 2. The highest BCUT2D eigenvalue weighted by atomic mass is 16.5. The van der Waals surface area contributed by atoms with Gasteiger partial charge in [-0.1, -0.05) is 25.7 Å². The number of aliphatic hydroxyl groups is 1. The van der Waals surface area contributed by atoms with Gasteiger partial charge in [0.1, 0.15) is 5.75 Å². The second-order valence-electron chi connectivity index (χ2n) is 5.55. The molecule has 0 bridgehead atoms. The summed E-state index contributed by atoms with van der Waals surface area (Å²) < 4.78 is 5.06. The molecule has 0 atom stereocenters. The molecule has 1 amide bonds. The molecule has 0 radical (unpaired) electrons. The van der Waals surface area contributed by atoms with Gasteiger partial charge in [-0.3, -0.25) is 4.79 Å². The maximum Gasteiger partial charge on any atom is 0.251 e. The summed E-state index contributed by atoms with van der Waals surface area (Å²) in [4.78, 5) is 12.1. The summed E-state index contributed by atoms with van der Waals surface area (Å²) in [6, 6.07) is 6.97. The molecule has 1 fully saturated rings. The Morgan fingerprint density at radius 1 is 1.20 bits per heavy atom. The third-order valence-electron chi connectivity index (χ3n) is 3.96. The van der Waals surface area contributed by atoms with E-state index < -0.39 is 5.60 Å². The van der Waals surface area contributed by atoms with Gasteiger partial charge >= 0.3 is 0 Å². The van der Waals surface area contributed by atoms with E-state index in [9.17, 15) is 9.90 Å². The van der Waals surface area contributed by atoms with Crippen LogP contribution in [0.5, 0.6) is 5.75 Å². The fraction of sp³-hybridized carbons (Fsp3) is 0.562. The van der Waals surface area contributed by atoms with Gasteiger partial charge in [0, 0.05) is 12.1 Å². The fourth-order valence-electron chi connectivity index (χ4n) is 2.65. The van der Waals surface area contributed by atoms with Crippen LogP contribution in [-0.4, -0.2) is 30.3 Å². The van der Waals surface area contributed by atoms with Crippen LogP contribution in [0.3, 0.4) is 0 Å². The van der Waals surface area contributed by atoms with Gasteiger partial charge in [0.15, 0.2) is 0 Å². The zero-order valence-electron chi connectivity index (χ0n) is 12.0. The van der Waals surface area contributed by atoms with Crippen molar-refractivity contribution >= 4 is 5.91 Å². The molecule has 1 aromatic carbocycles. The summed E-state index contributed by atoms with van der Waals surface area (Å²) in [5.74, 6) is 0.578. The van der Waals surface area contributed by atoms with Gasteiger partial charge in [-0.15, -0.1) is 0 Å². The first-order chi connectivity index (χ1) is 9.63. The van der Waals surface area contributed by atoms with Gasteiger partial charge < -0.3 is 15.2 Å². The van der Waals surface area contributed by atoms with Crippen molar-refractivity contribution in [3.63, 3.8) is 0 Å². The SMILES string of the molecule is COc1ccc(C(=O)NCC2(O)CCCCCC2)cc1. The van der Waals surface area contributed by atoms with Crippen molar-refractivity contribution in [1.29, 1.82) is 0 Å². The summed E-state index contributed by atoms with van der Waals surface area (Å²) in [5.41, 5.74) is -0.151. The van der Waals surface area contributed by atoms with Crippen LogP contribution in [0.2, 0.25) is 0 Å². The lowest BCUT2D eigenvalue weighted by molar-refractivity contribution is 0.0246. The largest absolute Gasteiger partial charge is 0.497 e. The zero-order valence-corrected chi connectivity index (χ0v) is 12.0. The van der Waals surface area contributed by atoms with E-state index >= 15 is 0 Å². The van der Waals surface area contributed by atoms with Crippen LogP contribution in [0.4, 0.5) is 0 Å². The minimum Gasteiger partial charge on any atom is -0.497 e. The fourth-order valence-corrected chi connectivity index (χ4v) is 2.65. The molecule has 0 aliphatic heterocycles. The number of carbonyl (C=O) groups excluding carboxylic acids is 1. The lowest BCUT2D eigenvalue weighted by atomic mass is 9.94. The molecule has 4 heteroatoms. The van der Waals surface area contributed by atoms with Crippen molar-refractivity contribution in [3.8, 4) is 5.75 Å². The van der Waals surface area contributed by atoms with Crippen molar-refractivity contribution in [2.45, 2.75) is 44.1 Å². The van der Waals surface area contributed by atoms with E-state index in [-0.39, 0.29) is 5.91 Å². The Balaban J connectivity index is 1.90. The topological polar surface area (TPSA) is 58.6 Å². The molecule has 1 aliphatic rings. The molecule has 1 aromatic rings. The summed E-state index contributed by atoms with van der Waals surface area (Å²) in [6.45, 7) is 0.331. The van der Waals surface area contributed by atoms with E-state index in [1.165, 1.54) is 12.8 Å². The zero-order chi connectivity index (χ0) is 14.4. The monoisotopic (exact) mass is 277 g/mol. The van der Waals surface area contributed by atoms with E-state index in [4.69, 9.17) is 4.74 Å². The van der Waals surface area contributed by atoms with Crippen molar-refractivity contribution in [2.24, 2.45) is 0 Å². The normalized spacial score (nSPS) is 18.1. The average Bonchev–Trinajstić information content (AvgIpc) is 2.70. The molecule has 20 heavy (non-hydrogen) atoms. The Labute approximate surface area is 120 Å². The first-order valence-corrected chi connectivity index (χ1v) is 7.28. The second kappa shape index (κ2) is 6.75. The molecular formula is C16H23NO3. The molecule has 1 aliphatic carbocycles. The van der Waals surface area contributed by atoms with Crippen LogP contribution in [-0.2, 0) is 0 Å². The lowest BCUT2D eigenvalue weighted by Gasteiger charge is -2.26. The molecule has 0 spiro atoms. The van der Waals surface area contributed by atoms with Gasteiger partial charge in [-0.05, 0) is 37.1 Å². The highest BCUT2D eigenvalue weighted by molar-refractivity contribution is 5.94. The van der Waals surface area contributed by atoms with E-state index in [1.807, 2.05) is 0 Å². The molecule has 4 nitrogen and oxygen atoms in total. The van der Waals surface area contributed by atoms with Crippen LogP contribution in [0.15, 0.2) is 24.3 Å². The Morgan fingerprint density at radius 2 is 1.80 bits per heavy atom. The van der Waals surface area contributed by atoms with Crippen molar-refractivity contribution < 1.29 is 14.6 Å². The Bertz CT molecular complexity index is 434. The van der Waals surface area contributed by atoms with Crippen LogP contribution in [0.25, 0.3) is 0 Å². The summed E-state index contributed by atoms with van der Waals surface area (Å²) in [6.07, 6.45) is 5.97. The number of ether oxygens (including phenoxy) is 1. The number of amides is 1. The molecule has 0 unspecified atom stereocenters. The van der Waals surface area contributed by atoms with Crippen molar-refractivity contribution in [3.05, 3.63) is 29.8 Å². The first kappa shape index (κ1) is 14.9. The van der Waals surface area contributed by atoms with E-state index in [0.717, 1.165) is 31.4 Å². The standard InChI is InChI=1S/C16H23NO3/c1-20-14-8-6-13(7-9-14)15(18)17-12-16(19)10-4-2-3-5-11-16/h6-9,19H,2-5,10-12H2,1H3,(H,17,18). The Morgan fingerprint density at radius 3 is 2.35 bits per heavy atom. The van der Waals surface area contributed by atoms with Crippen molar-refractivity contribution in [1.82, 2.24) is 5.32 Å². The number of carbonyl (C=O) groups is 1. The Kier molecular flexibility index (Phi) is 5.01. The quantitative estimate of drug-likeness (QED) is 0.831. The molecule has 0 saturated heterocycles. The van der Waals surface area contributed by atoms with Gasteiger partial charge in [0.25, 0.3) is 5.91 Å². The molecule has 1 saturated carbocycles. The average molecular weight is 277 g/mol. The van der Waals surface area contributed by atoms with Gasteiger partial charge in [0.2, 0.25) is 0 Å². The maximum atomic E-state index is 12.1. The number of rotatable bonds is 4. The highest BCUT2D eigenvalue weighted by Crippen LogP contribution is 2.26. The Hall–Kier alpha value is -1.55. The summed E-state index contributed by atoms with van der Waals surface area (Å²) in [7, 11) is 1.59. The molecule has 2 rings (SSSR count). The van der Waals surface area contributed by atoms with E-state index in [2.05, 4.69) is 5.32 Å².